The minimum Gasteiger partial charge on any atom is -0.497 e. The van der Waals surface area contributed by atoms with E-state index in [1.807, 2.05) is 29.6 Å². The van der Waals surface area contributed by atoms with Crippen molar-refractivity contribution in [1.82, 2.24) is 15.5 Å². The third-order valence-electron chi connectivity index (χ3n) is 5.80. The number of benzene rings is 2. The van der Waals surface area contributed by atoms with Gasteiger partial charge in [-0.2, -0.15) is 11.3 Å². The summed E-state index contributed by atoms with van der Waals surface area (Å²) in [6.07, 6.45) is 0.979. The summed E-state index contributed by atoms with van der Waals surface area (Å²) in [6.45, 7) is 2.41. The Morgan fingerprint density at radius 1 is 1.03 bits per heavy atom. The number of methoxy groups -OCH3 is 1. The summed E-state index contributed by atoms with van der Waals surface area (Å²) in [7, 11) is 1.60. The van der Waals surface area contributed by atoms with Gasteiger partial charge in [0.15, 0.2) is 0 Å². The Morgan fingerprint density at radius 3 is 2.50 bits per heavy atom. The molecule has 7 heteroatoms. The number of carbonyl (C=O) groups excluding carboxylic acids is 2. The molecule has 2 amide bonds. The highest BCUT2D eigenvalue weighted by molar-refractivity contribution is 7.08. The fourth-order valence-corrected chi connectivity index (χ4v) is 4.69. The maximum atomic E-state index is 12.5. The van der Waals surface area contributed by atoms with Crippen molar-refractivity contribution in [3.63, 3.8) is 0 Å². The molecule has 3 aromatic rings. The lowest BCUT2D eigenvalue weighted by Gasteiger charge is -2.35. The highest BCUT2D eigenvalue weighted by Gasteiger charge is 2.26. The summed E-state index contributed by atoms with van der Waals surface area (Å²) in [4.78, 5) is 27.2. The number of carbonyl (C=O) groups is 2. The fraction of sp³-hybridized carbons (Fsp3) is 0.280. The van der Waals surface area contributed by atoms with Gasteiger partial charge in [0, 0.05) is 26.2 Å². The smallest absolute Gasteiger partial charge is 0.309 e. The molecular formula is C25H27N3O3S. The van der Waals surface area contributed by atoms with E-state index in [1.54, 1.807) is 18.4 Å². The van der Waals surface area contributed by atoms with Gasteiger partial charge in [0.25, 0.3) is 0 Å². The molecular weight excluding hydrogens is 422 g/mol. The van der Waals surface area contributed by atoms with Gasteiger partial charge in [0.05, 0.1) is 13.2 Å². The topological polar surface area (TPSA) is 70.7 Å². The van der Waals surface area contributed by atoms with Gasteiger partial charge in [0.1, 0.15) is 5.75 Å². The van der Waals surface area contributed by atoms with E-state index in [9.17, 15) is 9.59 Å². The van der Waals surface area contributed by atoms with Gasteiger partial charge >= 0.3 is 11.8 Å². The van der Waals surface area contributed by atoms with Crippen molar-refractivity contribution >= 4 is 23.2 Å². The van der Waals surface area contributed by atoms with Crippen molar-refractivity contribution in [2.45, 2.75) is 25.6 Å². The number of thiophene rings is 1. The van der Waals surface area contributed by atoms with Gasteiger partial charge in [-0.1, -0.05) is 36.4 Å². The zero-order chi connectivity index (χ0) is 22.3. The Kier molecular flexibility index (Phi) is 7.19. The minimum atomic E-state index is -0.631. The molecule has 1 aliphatic rings. The number of rotatable bonds is 7. The van der Waals surface area contributed by atoms with Gasteiger partial charge < -0.3 is 15.4 Å². The summed E-state index contributed by atoms with van der Waals surface area (Å²) in [5.74, 6) is -0.498. The Labute approximate surface area is 192 Å². The number of ether oxygens (including phenoxy) is 1. The number of hydrogen-bond donors (Lipinski definition) is 2. The van der Waals surface area contributed by atoms with Gasteiger partial charge in [0.2, 0.25) is 0 Å². The first-order chi connectivity index (χ1) is 15.6. The Hall–Kier alpha value is -3.16. The zero-order valence-electron chi connectivity index (χ0n) is 18.0. The van der Waals surface area contributed by atoms with Gasteiger partial charge in [-0.25, -0.2) is 0 Å². The van der Waals surface area contributed by atoms with Gasteiger partial charge in [-0.05, 0) is 57.6 Å². The maximum Gasteiger partial charge on any atom is 0.309 e. The SMILES string of the molecule is COc1ccc(CNC(=O)C(=O)NCC(c2ccsc2)N2CCc3ccccc3C2)cc1. The van der Waals surface area contributed by atoms with E-state index in [0.717, 1.165) is 36.4 Å². The standard InChI is InChI=1S/C25H27N3O3S/c1-31-22-8-6-18(7-9-22)14-26-24(29)25(30)27-15-23(21-11-13-32-17-21)28-12-10-19-4-2-3-5-20(19)16-28/h2-9,11,13,17,23H,10,12,14-16H2,1H3,(H,26,29)(H,27,30). The van der Waals surface area contributed by atoms with Crippen molar-refractivity contribution in [3.8, 4) is 5.75 Å². The quantitative estimate of drug-likeness (QED) is 0.543. The Bertz CT molecular complexity index is 1050. The average Bonchev–Trinajstić information content (AvgIpc) is 3.37. The third-order valence-corrected chi connectivity index (χ3v) is 6.50. The van der Waals surface area contributed by atoms with Crippen LogP contribution in [-0.2, 0) is 29.1 Å². The molecule has 2 aromatic carbocycles. The third kappa shape index (κ3) is 5.36. The van der Waals surface area contributed by atoms with E-state index >= 15 is 0 Å². The van der Waals surface area contributed by atoms with E-state index in [4.69, 9.17) is 4.74 Å². The van der Waals surface area contributed by atoms with Crippen molar-refractivity contribution < 1.29 is 14.3 Å². The number of amides is 2. The lowest BCUT2D eigenvalue weighted by Crippen LogP contribution is -2.45. The van der Waals surface area contributed by atoms with Crippen LogP contribution in [0.2, 0.25) is 0 Å². The van der Waals surface area contributed by atoms with Gasteiger partial charge in [-0.3, -0.25) is 14.5 Å². The number of nitrogens with one attached hydrogen (secondary N) is 2. The molecule has 0 aliphatic carbocycles. The van der Waals surface area contributed by atoms with Crippen LogP contribution in [0, 0.1) is 0 Å². The molecule has 32 heavy (non-hydrogen) atoms. The molecule has 1 aromatic heterocycles. The summed E-state index contributed by atoms with van der Waals surface area (Å²) in [5.41, 5.74) is 4.76. The molecule has 0 saturated heterocycles. The van der Waals surface area contributed by atoms with Crippen molar-refractivity contribution in [1.29, 1.82) is 0 Å². The van der Waals surface area contributed by atoms with Crippen molar-refractivity contribution in [2.24, 2.45) is 0 Å². The maximum absolute atomic E-state index is 12.5. The largest absolute Gasteiger partial charge is 0.497 e. The van der Waals surface area contributed by atoms with Crippen molar-refractivity contribution in [2.75, 3.05) is 20.2 Å². The number of fused-ring (bicyclic) bond motifs is 1. The summed E-state index contributed by atoms with van der Waals surface area (Å²) < 4.78 is 5.13. The summed E-state index contributed by atoms with van der Waals surface area (Å²) in [6, 6.07) is 18.0. The fourth-order valence-electron chi connectivity index (χ4n) is 3.98. The monoisotopic (exact) mass is 449 g/mol. The van der Waals surface area contributed by atoms with E-state index in [-0.39, 0.29) is 12.6 Å². The second-order valence-corrected chi connectivity index (χ2v) is 8.58. The van der Waals surface area contributed by atoms with Crippen LogP contribution >= 0.6 is 11.3 Å². The van der Waals surface area contributed by atoms with E-state index in [1.165, 1.54) is 11.1 Å². The normalized spacial score (nSPS) is 14.3. The second kappa shape index (κ2) is 10.4. The second-order valence-electron chi connectivity index (χ2n) is 7.80. The number of nitrogens with zero attached hydrogens (tertiary/aromatic N) is 1. The molecule has 0 radical (unpaired) electrons. The Morgan fingerprint density at radius 2 is 1.78 bits per heavy atom. The molecule has 0 bridgehead atoms. The highest BCUT2D eigenvalue weighted by atomic mass is 32.1. The molecule has 0 saturated carbocycles. The summed E-state index contributed by atoms with van der Waals surface area (Å²) >= 11 is 1.64. The van der Waals surface area contributed by atoms with Crippen LogP contribution in [0.3, 0.4) is 0 Å². The lowest BCUT2D eigenvalue weighted by molar-refractivity contribution is -0.139. The highest BCUT2D eigenvalue weighted by Crippen LogP contribution is 2.28. The predicted octanol–water partition coefficient (Wildman–Crippen LogP) is 3.29. The Balaban J connectivity index is 1.34. The lowest BCUT2D eigenvalue weighted by atomic mass is 9.97. The molecule has 1 unspecified atom stereocenters. The molecule has 2 heterocycles. The van der Waals surface area contributed by atoms with Crippen LogP contribution in [0.25, 0.3) is 0 Å². The van der Waals surface area contributed by atoms with Gasteiger partial charge in [-0.15, -0.1) is 0 Å². The predicted molar refractivity (Wildman–Crippen MR) is 125 cm³/mol. The molecule has 1 aliphatic heterocycles. The molecule has 6 nitrogen and oxygen atoms in total. The van der Waals surface area contributed by atoms with Crippen LogP contribution in [-0.4, -0.2) is 36.9 Å². The van der Waals surface area contributed by atoms with Crippen LogP contribution in [0.15, 0.2) is 65.4 Å². The summed E-state index contributed by atoms with van der Waals surface area (Å²) in [5, 5.41) is 9.68. The van der Waals surface area contributed by atoms with E-state index < -0.39 is 11.8 Å². The van der Waals surface area contributed by atoms with Crippen LogP contribution in [0.1, 0.15) is 28.3 Å². The molecule has 0 spiro atoms. The van der Waals surface area contributed by atoms with Crippen LogP contribution in [0.4, 0.5) is 0 Å². The van der Waals surface area contributed by atoms with Crippen LogP contribution < -0.4 is 15.4 Å². The van der Waals surface area contributed by atoms with Crippen molar-refractivity contribution in [3.05, 3.63) is 87.6 Å². The van der Waals surface area contributed by atoms with E-state index in [2.05, 4.69) is 51.2 Å². The first kappa shape index (κ1) is 22.0. The molecule has 2 N–H and O–H groups in total. The minimum absolute atomic E-state index is 0.0212. The first-order valence-electron chi connectivity index (χ1n) is 10.7. The zero-order valence-corrected chi connectivity index (χ0v) is 18.9. The molecule has 4 rings (SSSR count). The van der Waals surface area contributed by atoms with E-state index in [0.29, 0.717) is 6.54 Å². The first-order valence-corrected chi connectivity index (χ1v) is 11.6. The van der Waals surface area contributed by atoms with Crippen LogP contribution in [0.5, 0.6) is 5.75 Å². The molecule has 1 atom stereocenters. The molecule has 166 valence electrons. The molecule has 0 fully saturated rings. The number of hydrogen-bond acceptors (Lipinski definition) is 5. The average molecular weight is 450 g/mol.